The summed E-state index contributed by atoms with van der Waals surface area (Å²) in [5, 5.41) is 0. The highest BCUT2D eigenvalue weighted by atomic mass is 16.5. The van der Waals surface area contributed by atoms with Crippen LogP contribution in [0.15, 0.2) is 0 Å². The lowest BCUT2D eigenvalue weighted by molar-refractivity contribution is -0.143. The SMILES string of the molecule is CCCOC1CCCN(CCCCCC(=O)OCC)C1. The van der Waals surface area contributed by atoms with Crippen molar-refractivity contribution in [1.29, 1.82) is 0 Å². The molecule has 20 heavy (non-hydrogen) atoms. The summed E-state index contributed by atoms with van der Waals surface area (Å²) in [6.07, 6.45) is 7.78. The van der Waals surface area contributed by atoms with E-state index in [1.165, 1.54) is 25.8 Å². The molecule has 1 rings (SSSR count). The molecular weight excluding hydrogens is 254 g/mol. The fourth-order valence-electron chi connectivity index (χ4n) is 2.65. The zero-order valence-corrected chi connectivity index (χ0v) is 13.2. The molecular formula is C16H31NO3. The maximum absolute atomic E-state index is 11.2. The minimum atomic E-state index is -0.0569. The van der Waals surface area contributed by atoms with E-state index in [-0.39, 0.29) is 5.97 Å². The van der Waals surface area contributed by atoms with E-state index in [1.807, 2.05) is 6.92 Å². The molecule has 1 heterocycles. The summed E-state index contributed by atoms with van der Waals surface area (Å²) in [5.74, 6) is -0.0569. The van der Waals surface area contributed by atoms with Gasteiger partial charge < -0.3 is 14.4 Å². The van der Waals surface area contributed by atoms with Crippen LogP contribution in [0.1, 0.15) is 58.8 Å². The molecule has 0 saturated carbocycles. The molecule has 4 nitrogen and oxygen atoms in total. The van der Waals surface area contributed by atoms with Crippen LogP contribution >= 0.6 is 0 Å². The van der Waals surface area contributed by atoms with Crippen molar-refractivity contribution in [3.8, 4) is 0 Å². The van der Waals surface area contributed by atoms with Crippen LogP contribution in [-0.2, 0) is 14.3 Å². The Labute approximate surface area is 123 Å². The molecule has 0 aromatic heterocycles. The van der Waals surface area contributed by atoms with Gasteiger partial charge in [0.25, 0.3) is 0 Å². The van der Waals surface area contributed by atoms with Gasteiger partial charge in [0, 0.05) is 19.6 Å². The molecule has 1 atom stereocenters. The lowest BCUT2D eigenvalue weighted by Crippen LogP contribution is -2.40. The average Bonchev–Trinajstić information content (AvgIpc) is 2.45. The van der Waals surface area contributed by atoms with Crippen molar-refractivity contribution in [2.24, 2.45) is 0 Å². The van der Waals surface area contributed by atoms with Gasteiger partial charge in [-0.3, -0.25) is 4.79 Å². The van der Waals surface area contributed by atoms with Gasteiger partial charge in [0.1, 0.15) is 0 Å². The van der Waals surface area contributed by atoms with Crippen LogP contribution in [0.3, 0.4) is 0 Å². The standard InChI is InChI=1S/C16H31NO3/c1-3-13-20-15-9-8-12-17(14-15)11-7-5-6-10-16(18)19-4-2/h15H,3-14H2,1-2H3. The van der Waals surface area contributed by atoms with E-state index in [4.69, 9.17) is 9.47 Å². The second kappa shape index (κ2) is 11.1. The summed E-state index contributed by atoms with van der Waals surface area (Å²) in [7, 11) is 0. The molecule has 1 aliphatic heterocycles. The number of hydrogen-bond donors (Lipinski definition) is 0. The molecule has 0 aliphatic carbocycles. The summed E-state index contributed by atoms with van der Waals surface area (Å²) >= 11 is 0. The highest BCUT2D eigenvalue weighted by Crippen LogP contribution is 2.14. The van der Waals surface area contributed by atoms with Gasteiger partial charge in [0.15, 0.2) is 0 Å². The fourth-order valence-corrected chi connectivity index (χ4v) is 2.65. The number of unbranched alkanes of at least 4 members (excludes halogenated alkanes) is 2. The second-order valence-electron chi connectivity index (χ2n) is 5.55. The third-order valence-electron chi connectivity index (χ3n) is 3.68. The second-order valence-corrected chi connectivity index (χ2v) is 5.55. The summed E-state index contributed by atoms with van der Waals surface area (Å²) in [6.45, 7) is 8.80. The van der Waals surface area contributed by atoms with Crippen LogP contribution in [0.25, 0.3) is 0 Å². The number of likely N-dealkylation sites (tertiary alicyclic amines) is 1. The minimum Gasteiger partial charge on any atom is -0.466 e. The molecule has 0 aromatic rings. The highest BCUT2D eigenvalue weighted by molar-refractivity contribution is 5.69. The van der Waals surface area contributed by atoms with E-state index in [2.05, 4.69) is 11.8 Å². The first-order valence-corrected chi connectivity index (χ1v) is 8.25. The molecule has 0 bridgehead atoms. The highest BCUT2D eigenvalue weighted by Gasteiger charge is 2.19. The van der Waals surface area contributed by atoms with E-state index < -0.39 is 0 Å². The van der Waals surface area contributed by atoms with Gasteiger partial charge in [0.05, 0.1) is 12.7 Å². The number of rotatable bonds is 10. The van der Waals surface area contributed by atoms with Crippen molar-refractivity contribution in [2.45, 2.75) is 64.9 Å². The van der Waals surface area contributed by atoms with Crippen LogP contribution in [0.2, 0.25) is 0 Å². The van der Waals surface area contributed by atoms with Crippen LogP contribution in [0.4, 0.5) is 0 Å². The third kappa shape index (κ3) is 7.85. The molecule has 4 heteroatoms. The Balaban J connectivity index is 2.02. The van der Waals surface area contributed by atoms with Crippen LogP contribution < -0.4 is 0 Å². The monoisotopic (exact) mass is 285 g/mol. The summed E-state index contributed by atoms with van der Waals surface area (Å²) in [4.78, 5) is 13.7. The molecule has 118 valence electrons. The Morgan fingerprint density at radius 1 is 1.25 bits per heavy atom. The van der Waals surface area contributed by atoms with Crippen molar-refractivity contribution in [3.63, 3.8) is 0 Å². The first-order valence-electron chi connectivity index (χ1n) is 8.25. The molecule has 0 amide bonds. The fraction of sp³-hybridized carbons (Fsp3) is 0.938. The first-order chi connectivity index (χ1) is 9.76. The van der Waals surface area contributed by atoms with Gasteiger partial charge in [-0.1, -0.05) is 13.3 Å². The van der Waals surface area contributed by atoms with Crippen LogP contribution in [0, 0.1) is 0 Å². The zero-order valence-electron chi connectivity index (χ0n) is 13.2. The maximum Gasteiger partial charge on any atom is 0.305 e. The molecule has 0 aromatic carbocycles. The number of nitrogens with zero attached hydrogens (tertiary/aromatic N) is 1. The number of esters is 1. The van der Waals surface area contributed by atoms with Crippen molar-refractivity contribution in [3.05, 3.63) is 0 Å². The lowest BCUT2D eigenvalue weighted by atomic mass is 10.1. The number of hydrogen-bond acceptors (Lipinski definition) is 4. The summed E-state index contributed by atoms with van der Waals surface area (Å²) < 4.78 is 10.8. The zero-order chi connectivity index (χ0) is 14.6. The summed E-state index contributed by atoms with van der Waals surface area (Å²) in [5.41, 5.74) is 0. The van der Waals surface area contributed by atoms with Gasteiger partial charge in [-0.25, -0.2) is 0 Å². The van der Waals surface area contributed by atoms with E-state index >= 15 is 0 Å². The molecule has 1 aliphatic rings. The van der Waals surface area contributed by atoms with Gasteiger partial charge in [-0.05, 0) is 52.1 Å². The van der Waals surface area contributed by atoms with Gasteiger partial charge in [-0.15, -0.1) is 0 Å². The van der Waals surface area contributed by atoms with Crippen LogP contribution in [-0.4, -0.2) is 49.8 Å². The average molecular weight is 285 g/mol. The Bertz CT molecular complexity index is 258. The summed E-state index contributed by atoms with van der Waals surface area (Å²) in [6, 6.07) is 0. The Kier molecular flexibility index (Phi) is 9.67. The normalized spacial score (nSPS) is 20.0. The molecule has 0 radical (unpaired) electrons. The maximum atomic E-state index is 11.2. The van der Waals surface area contributed by atoms with E-state index in [0.29, 0.717) is 19.1 Å². The molecule has 0 spiro atoms. The van der Waals surface area contributed by atoms with E-state index in [0.717, 1.165) is 39.0 Å². The number of carbonyl (C=O) groups is 1. The topological polar surface area (TPSA) is 38.8 Å². The molecule has 1 saturated heterocycles. The first kappa shape index (κ1) is 17.4. The van der Waals surface area contributed by atoms with Crippen molar-refractivity contribution < 1.29 is 14.3 Å². The molecule has 1 unspecified atom stereocenters. The predicted octanol–water partition coefficient (Wildman–Crippen LogP) is 3.00. The van der Waals surface area contributed by atoms with Crippen molar-refractivity contribution in [1.82, 2.24) is 4.90 Å². The lowest BCUT2D eigenvalue weighted by Gasteiger charge is -2.32. The third-order valence-corrected chi connectivity index (χ3v) is 3.68. The van der Waals surface area contributed by atoms with E-state index in [1.54, 1.807) is 0 Å². The predicted molar refractivity (Wildman–Crippen MR) is 80.8 cm³/mol. The van der Waals surface area contributed by atoms with Gasteiger partial charge in [-0.2, -0.15) is 0 Å². The van der Waals surface area contributed by atoms with Gasteiger partial charge in [0.2, 0.25) is 0 Å². The Hall–Kier alpha value is -0.610. The Morgan fingerprint density at radius 2 is 2.10 bits per heavy atom. The quantitative estimate of drug-likeness (QED) is 0.457. The largest absolute Gasteiger partial charge is 0.466 e. The van der Waals surface area contributed by atoms with Gasteiger partial charge >= 0.3 is 5.97 Å². The van der Waals surface area contributed by atoms with Crippen LogP contribution in [0.5, 0.6) is 0 Å². The smallest absolute Gasteiger partial charge is 0.305 e. The number of carbonyl (C=O) groups excluding carboxylic acids is 1. The Morgan fingerprint density at radius 3 is 2.85 bits per heavy atom. The number of piperidine rings is 1. The molecule has 1 fully saturated rings. The number of ether oxygens (including phenoxy) is 2. The van der Waals surface area contributed by atoms with Crippen molar-refractivity contribution in [2.75, 3.05) is 32.8 Å². The van der Waals surface area contributed by atoms with E-state index in [9.17, 15) is 4.79 Å². The molecule has 0 N–H and O–H groups in total. The van der Waals surface area contributed by atoms with Crippen molar-refractivity contribution >= 4 is 5.97 Å². The minimum absolute atomic E-state index is 0.0569.